The van der Waals surface area contributed by atoms with Crippen LogP contribution < -0.4 is 5.32 Å². The lowest BCUT2D eigenvalue weighted by Gasteiger charge is -2.11. The molecule has 0 amide bonds. The summed E-state index contributed by atoms with van der Waals surface area (Å²) in [4.78, 5) is 11.4. The minimum absolute atomic E-state index is 0.0523. The smallest absolute Gasteiger partial charge is 0.322 e. The van der Waals surface area contributed by atoms with Crippen LogP contribution in [0.5, 0.6) is 0 Å². The van der Waals surface area contributed by atoms with Crippen molar-refractivity contribution in [3.05, 3.63) is 42.0 Å². The van der Waals surface area contributed by atoms with Gasteiger partial charge in [0.15, 0.2) is 0 Å². The van der Waals surface area contributed by atoms with Gasteiger partial charge in [0.05, 0.1) is 19.8 Å². The van der Waals surface area contributed by atoms with Gasteiger partial charge in [-0.2, -0.15) is 0 Å². The summed E-state index contributed by atoms with van der Waals surface area (Å²) in [7, 11) is 1.40. The lowest BCUT2D eigenvalue weighted by atomic mass is 10.1. The van der Waals surface area contributed by atoms with Crippen molar-refractivity contribution < 1.29 is 14.3 Å². The second-order valence-electron chi connectivity index (χ2n) is 4.60. The molecule has 19 heavy (non-hydrogen) atoms. The quantitative estimate of drug-likeness (QED) is 0.820. The SMILES string of the molecule is C=Cc1cccc(CO[C@H]2CN[C@H](C(=O)OC)C2)c1. The Balaban J connectivity index is 1.83. The standard InChI is InChI=1S/C15H19NO3/c1-3-11-5-4-6-12(7-11)10-19-13-8-14(16-9-13)15(17)18-2/h3-7,13-14,16H,1,8-10H2,2H3/t13-,14+/m1/s1. The Morgan fingerprint density at radius 3 is 3.16 bits per heavy atom. The molecular formula is C15H19NO3. The third-order valence-electron chi connectivity index (χ3n) is 3.25. The number of carbonyl (C=O) groups excluding carboxylic acids is 1. The van der Waals surface area contributed by atoms with Crippen LogP contribution in [0, 0.1) is 0 Å². The Labute approximate surface area is 113 Å². The molecule has 1 aromatic carbocycles. The van der Waals surface area contributed by atoms with E-state index in [4.69, 9.17) is 9.47 Å². The Morgan fingerprint density at radius 2 is 2.42 bits per heavy atom. The second kappa shape index (κ2) is 6.50. The Morgan fingerprint density at radius 1 is 1.58 bits per heavy atom. The molecule has 0 radical (unpaired) electrons. The Bertz CT molecular complexity index is 458. The topological polar surface area (TPSA) is 47.6 Å². The van der Waals surface area contributed by atoms with E-state index in [9.17, 15) is 4.79 Å². The molecule has 0 aromatic heterocycles. The summed E-state index contributed by atoms with van der Waals surface area (Å²) in [6.07, 6.45) is 2.53. The van der Waals surface area contributed by atoms with Crippen LogP contribution in [0.4, 0.5) is 0 Å². The van der Waals surface area contributed by atoms with Gasteiger partial charge in [-0.15, -0.1) is 0 Å². The normalized spacial score (nSPS) is 22.2. The molecule has 0 aliphatic carbocycles. The van der Waals surface area contributed by atoms with E-state index >= 15 is 0 Å². The first kappa shape index (κ1) is 13.8. The number of carbonyl (C=O) groups is 1. The lowest BCUT2D eigenvalue weighted by Crippen LogP contribution is -2.31. The first-order valence-corrected chi connectivity index (χ1v) is 6.37. The van der Waals surface area contributed by atoms with E-state index in [2.05, 4.69) is 11.9 Å². The number of benzene rings is 1. The molecule has 0 bridgehead atoms. The highest BCUT2D eigenvalue weighted by Gasteiger charge is 2.30. The molecule has 1 heterocycles. The maximum absolute atomic E-state index is 11.4. The summed E-state index contributed by atoms with van der Waals surface area (Å²) < 4.78 is 10.5. The third kappa shape index (κ3) is 3.66. The molecule has 1 aliphatic rings. The molecule has 1 fully saturated rings. The first-order chi connectivity index (χ1) is 9.22. The van der Waals surface area contributed by atoms with Gasteiger partial charge in [0.1, 0.15) is 6.04 Å². The van der Waals surface area contributed by atoms with Crippen LogP contribution in [0.3, 0.4) is 0 Å². The Kier molecular flexibility index (Phi) is 4.71. The van der Waals surface area contributed by atoms with E-state index in [0.29, 0.717) is 19.6 Å². The zero-order chi connectivity index (χ0) is 13.7. The van der Waals surface area contributed by atoms with Crippen LogP contribution in [-0.2, 0) is 20.9 Å². The largest absolute Gasteiger partial charge is 0.468 e. The summed E-state index contributed by atoms with van der Waals surface area (Å²) in [5, 5.41) is 3.10. The van der Waals surface area contributed by atoms with Crippen LogP contribution in [0.25, 0.3) is 6.08 Å². The summed E-state index contributed by atoms with van der Waals surface area (Å²) in [5.74, 6) is -0.222. The maximum Gasteiger partial charge on any atom is 0.322 e. The lowest BCUT2D eigenvalue weighted by molar-refractivity contribution is -0.142. The molecule has 0 spiro atoms. The number of hydrogen-bond donors (Lipinski definition) is 1. The third-order valence-corrected chi connectivity index (χ3v) is 3.25. The molecule has 1 aliphatic heterocycles. The van der Waals surface area contributed by atoms with Crippen molar-refractivity contribution in [3.8, 4) is 0 Å². The average molecular weight is 261 g/mol. The minimum Gasteiger partial charge on any atom is -0.468 e. The molecule has 2 rings (SSSR count). The van der Waals surface area contributed by atoms with E-state index < -0.39 is 0 Å². The molecule has 102 valence electrons. The van der Waals surface area contributed by atoms with Crippen molar-refractivity contribution in [2.75, 3.05) is 13.7 Å². The van der Waals surface area contributed by atoms with Gasteiger partial charge in [-0.1, -0.05) is 30.9 Å². The number of methoxy groups -OCH3 is 1. The molecule has 4 nitrogen and oxygen atoms in total. The van der Waals surface area contributed by atoms with Crippen molar-refractivity contribution in [2.45, 2.75) is 25.2 Å². The van der Waals surface area contributed by atoms with Crippen molar-refractivity contribution in [1.29, 1.82) is 0 Å². The summed E-state index contributed by atoms with van der Waals surface area (Å²) in [5.41, 5.74) is 2.19. The van der Waals surface area contributed by atoms with Crippen molar-refractivity contribution in [3.63, 3.8) is 0 Å². The molecule has 2 atom stereocenters. The highest BCUT2D eigenvalue weighted by atomic mass is 16.5. The number of nitrogens with one attached hydrogen (secondary N) is 1. The summed E-state index contributed by atoms with van der Waals surface area (Å²) in [6.45, 7) is 4.97. The van der Waals surface area contributed by atoms with E-state index in [1.807, 2.05) is 30.3 Å². The predicted molar refractivity (Wildman–Crippen MR) is 73.5 cm³/mol. The van der Waals surface area contributed by atoms with Crippen LogP contribution in [0.15, 0.2) is 30.8 Å². The fraction of sp³-hybridized carbons (Fsp3) is 0.400. The second-order valence-corrected chi connectivity index (χ2v) is 4.60. The van der Waals surface area contributed by atoms with E-state index in [0.717, 1.165) is 11.1 Å². The van der Waals surface area contributed by atoms with Crippen LogP contribution in [0.2, 0.25) is 0 Å². The zero-order valence-electron chi connectivity index (χ0n) is 11.1. The van der Waals surface area contributed by atoms with Gasteiger partial charge in [-0.25, -0.2) is 0 Å². The van der Waals surface area contributed by atoms with Gasteiger partial charge in [0.2, 0.25) is 0 Å². The van der Waals surface area contributed by atoms with Crippen LogP contribution in [0.1, 0.15) is 17.5 Å². The fourth-order valence-electron chi connectivity index (χ4n) is 2.18. The monoisotopic (exact) mass is 261 g/mol. The van der Waals surface area contributed by atoms with Crippen molar-refractivity contribution in [2.24, 2.45) is 0 Å². The molecule has 1 saturated heterocycles. The van der Waals surface area contributed by atoms with E-state index in [-0.39, 0.29) is 18.1 Å². The minimum atomic E-state index is -0.241. The van der Waals surface area contributed by atoms with Gasteiger partial charge in [-0.3, -0.25) is 4.79 Å². The Hall–Kier alpha value is -1.65. The first-order valence-electron chi connectivity index (χ1n) is 6.37. The van der Waals surface area contributed by atoms with Crippen LogP contribution >= 0.6 is 0 Å². The number of esters is 1. The predicted octanol–water partition coefficient (Wildman–Crippen LogP) is 1.75. The van der Waals surface area contributed by atoms with Gasteiger partial charge < -0.3 is 14.8 Å². The number of rotatable bonds is 5. The van der Waals surface area contributed by atoms with E-state index in [1.165, 1.54) is 7.11 Å². The molecule has 0 saturated carbocycles. The average Bonchev–Trinajstić information content (AvgIpc) is 2.93. The highest BCUT2D eigenvalue weighted by Crippen LogP contribution is 2.15. The summed E-state index contributed by atoms with van der Waals surface area (Å²) >= 11 is 0. The van der Waals surface area contributed by atoms with Gasteiger partial charge in [0, 0.05) is 13.0 Å². The summed E-state index contributed by atoms with van der Waals surface area (Å²) in [6, 6.07) is 7.82. The van der Waals surface area contributed by atoms with Gasteiger partial charge in [0.25, 0.3) is 0 Å². The van der Waals surface area contributed by atoms with E-state index in [1.54, 1.807) is 0 Å². The molecule has 0 unspecified atom stereocenters. The maximum atomic E-state index is 11.4. The van der Waals surface area contributed by atoms with Crippen molar-refractivity contribution >= 4 is 12.0 Å². The molecular weight excluding hydrogens is 242 g/mol. The van der Waals surface area contributed by atoms with Gasteiger partial charge >= 0.3 is 5.97 Å². The highest BCUT2D eigenvalue weighted by molar-refractivity contribution is 5.76. The fourth-order valence-corrected chi connectivity index (χ4v) is 2.18. The van der Waals surface area contributed by atoms with Gasteiger partial charge in [-0.05, 0) is 17.2 Å². The molecule has 4 heteroatoms. The molecule has 1 N–H and O–H groups in total. The van der Waals surface area contributed by atoms with Crippen molar-refractivity contribution in [1.82, 2.24) is 5.32 Å². The molecule has 1 aromatic rings. The zero-order valence-corrected chi connectivity index (χ0v) is 11.1. The number of ether oxygens (including phenoxy) is 2. The number of hydrogen-bond acceptors (Lipinski definition) is 4. The van der Waals surface area contributed by atoms with Crippen LogP contribution in [-0.4, -0.2) is 31.8 Å².